The summed E-state index contributed by atoms with van der Waals surface area (Å²) in [6.45, 7) is 1.91. The maximum atomic E-state index is 6.03. The van der Waals surface area contributed by atoms with Crippen molar-refractivity contribution in [3.8, 4) is 0 Å². The topological polar surface area (TPSA) is 50.9 Å². The SMILES string of the molecule is Cc1cc(NN)c2cccc(Cl)c2n1. The molecule has 14 heavy (non-hydrogen) atoms. The van der Waals surface area contributed by atoms with Crippen LogP contribution in [0, 0.1) is 6.92 Å². The first-order chi connectivity index (χ1) is 6.72. The molecule has 1 heterocycles. The van der Waals surface area contributed by atoms with Crippen LogP contribution in [0.4, 0.5) is 5.69 Å². The Morgan fingerprint density at radius 1 is 1.43 bits per heavy atom. The number of nitrogens with two attached hydrogens (primary N) is 1. The standard InChI is InChI=1S/C10H10ClN3/c1-6-5-9(14-12)7-3-2-4-8(11)10(7)13-6/h2-5H,12H2,1H3,(H,13,14). The van der Waals surface area contributed by atoms with Crippen LogP contribution in [0.15, 0.2) is 24.3 Å². The average Bonchev–Trinajstić information content (AvgIpc) is 2.18. The van der Waals surface area contributed by atoms with Gasteiger partial charge in [0, 0.05) is 11.1 Å². The van der Waals surface area contributed by atoms with Gasteiger partial charge in [-0.05, 0) is 19.1 Å². The molecule has 0 aliphatic rings. The number of nitrogen functional groups attached to an aromatic ring is 1. The molecule has 1 aromatic carbocycles. The van der Waals surface area contributed by atoms with Crippen LogP contribution >= 0.6 is 11.6 Å². The zero-order valence-corrected chi connectivity index (χ0v) is 8.47. The molecule has 0 aliphatic carbocycles. The minimum Gasteiger partial charge on any atom is -0.323 e. The average molecular weight is 208 g/mol. The van der Waals surface area contributed by atoms with Crippen LogP contribution in [0.3, 0.4) is 0 Å². The van der Waals surface area contributed by atoms with E-state index in [1.165, 1.54) is 0 Å². The molecule has 0 saturated heterocycles. The highest BCUT2D eigenvalue weighted by molar-refractivity contribution is 6.35. The number of fused-ring (bicyclic) bond motifs is 1. The Bertz CT molecular complexity index is 482. The molecule has 1 aromatic heterocycles. The quantitative estimate of drug-likeness (QED) is 0.558. The second kappa shape index (κ2) is 3.44. The van der Waals surface area contributed by atoms with Gasteiger partial charge in [-0.15, -0.1) is 0 Å². The Morgan fingerprint density at radius 2 is 2.21 bits per heavy atom. The van der Waals surface area contributed by atoms with Crippen LogP contribution in [0.2, 0.25) is 5.02 Å². The maximum absolute atomic E-state index is 6.03. The second-order valence-corrected chi connectivity index (χ2v) is 3.50. The fourth-order valence-corrected chi connectivity index (χ4v) is 1.68. The molecule has 2 aromatic rings. The molecule has 3 N–H and O–H groups in total. The predicted molar refractivity (Wildman–Crippen MR) is 59.3 cm³/mol. The van der Waals surface area contributed by atoms with Crippen LogP contribution in [0.25, 0.3) is 10.9 Å². The number of anilines is 1. The molecule has 0 bridgehead atoms. The van der Waals surface area contributed by atoms with Gasteiger partial charge in [0.1, 0.15) is 0 Å². The summed E-state index contributed by atoms with van der Waals surface area (Å²) in [4.78, 5) is 4.36. The van der Waals surface area contributed by atoms with Crippen LogP contribution in [0.5, 0.6) is 0 Å². The monoisotopic (exact) mass is 207 g/mol. The van der Waals surface area contributed by atoms with E-state index >= 15 is 0 Å². The number of nitrogens with one attached hydrogen (secondary N) is 1. The lowest BCUT2D eigenvalue weighted by atomic mass is 10.1. The molecule has 3 nitrogen and oxygen atoms in total. The van der Waals surface area contributed by atoms with E-state index in [2.05, 4.69) is 10.4 Å². The third kappa shape index (κ3) is 1.41. The van der Waals surface area contributed by atoms with Gasteiger partial charge in [-0.2, -0.15) is 0 Å². The Labute approximate surface area is 86.9 Å². The minimum atomic E-state index is 0.641. The van der Waals surface area contributed by atoms with Gasteiger partial charge in [0.05, 0.1) is 16.2 Å². The first-order valence-corrected chi connectivity index (χ1v) is 4.62. The van der Waals surface area contributed by atoms with Gasteiger partial charge in [-0.25, -0.2) is 0 Å². The fraction of sp³-hybridized carbons (Fsp3) is 0.100. The number of rotatable bonds is 1. The summed E-state index contributed by atoms with van der Waals surface area (Å²) < 4.78 is 0. The molecule has 0 unspecified atom stereocenters. The third-order valence-electron chi connectivity index (χ3n) is 2.07. The Balaban J connectivity index is 2.87. The summed E-state index contributed by atoms with van der Waals surface area (Å²) in [6.07, 6.45) is 0. The van der Waals surface area contributed by atoms with Gasteiger partial charge >= 0.3 is 0 Å². The van der Waals surface area contributed by atoms with Gasteiger partial charge in [-0.3, -0.25) is 10.8 Å². The summed E-state index contributed by atoms with van der Waals surface area (Å²) in [5.41, 5.74) is 5.15. The van der Waals surface area contributed by atoms with E-state index in [9.17, 15) is 0 Å². The normalized spacial score (nSPS) is 10.5. The van der Waals surface area contributed by atoms with E-state index in [-0.39, 0.29) is 0 Å². The summed E-state index contributed by atoms with van der Waals surface area (Å²) in [5, 5.41) is 1.58. The van der Waals surface area contributed by atoms with Crippen molar-refractivity contribution in [2.24, 2.45) is 5.84 Å². The number of aromatic nitrogens is 1. The van der Waals surface area contributed by atoms with Gasteiger partial charge in [0.25, 0.3) is 0 Å². The molecule has 0 amide bonds. The summed E-state index contributed by atoms with van der Waals surface area (Å²) >= 11 is 6.03. The van der Waals surface area contributed by atoms with Crippen molar-refractivity contribution in [3.63, 3.8) is 0 Å². The number of halogens is 1. The van der Waals surface area contributed by atoms with E-state index in [0.29, 0.717) is 5.02 Å². The van der Waals surface area contributed by atoms with E-state index in [0.717, 1.165) is 22.3 Å². The van der Waals surface area contributed by atoms with Crippen LogP contribution < -0.4 is 11.3 Å². The summed E-state index contributed by atoms with van der Waals surface area (Å²) in [5.74, 6) is 5.41. The van der Waals surface area contributed by atoms with Gasteiger partial charge in [-0.1, -0.05) is 23.7 Å². The van der Waals surface area contributed by atoms with E-state index in [1.54, 1.807) is 0 Å². The highest BCUT2D eigenvalue weighted by atomic mass is 35.5. The highest BCUT2D eigenvalue weighted by Crippen LogP contribution is 2.27. The Kier molecular flexibility index (Phi) is 2.27. The molecular weight excluding hydrogens is 198 g/mol. The molecule has 0 atom stereocenters. The zero-order valence-electron chi connectivity index (χ0n) is 7.71. The largest absolute Gasteiger partial charge is 0.323 e. The molecule has 0 spiro atoms. The van der Waals surface area contributed by atoms with E-state index in [1.807, 2.05) is 31.2 Å². The van der Waals surface area contributed by atoms with Crippen molar-refractivity contribution in [1.29, 1.82) is 0 Å². The van der Waals surface area contributed by atoms with Crippen molar-refractivity contribution in [2.45, 2.75) is 6.92 Å². The van der Waals surface area contributed by atoms with Crippen LogP contribution in [-0.4, -0.2) is 4.98 Å². The lowest BCUT2D eigenvalue weighted by molar-refractivity contribution is 1.24. The maximum Gasteiger partial charge on any atom is 0.0912 e. The Morgan fingerprint density at radius 3 is 2.93 bits per heavy atom. The summed E-state index contributed by atoms with van der Waals surface area (Å²) in [7, 11) is 0. The molecular formula is C10H10ClN3. The van der Waals surface area contributed by atoms with Crippen LogP contribution in [-0.2, 0) is 0 Å². The zero-order chi connectivity index (χ0) is 10.1. The van der Waals surface area contributed by atoms with Crippen molar-refractivity contribution in [2.75, 3.05) is 5.43 Å². The van der Waals surface area contributed by atoms with E-state index in [4.69, 9.17) is 17.4 Å². The molecule has 0 saturated carbocycles. The third-order valence-corrected chi connectivity index (χ3v) is 2.38. The molecule has 0 radical (unpaired) electrons. The number of hydrogen-bond acceptors (Lipinski definition) is 3. The number of benzene rings is 1. The van der Waals surface area contributed by atoms with Crippen molar-refractivity contribution in [1.82, 2.24) is 4.98 Å². The molecule has 0 aliphatic heterocycles. The first-order valence-electron chi connectivity index (χ1n) is 4.25. The number of pyridine rings is 1. The molecule has 72 valence electrons. The minimum absolute atomic E-state index is 0.641. The Hall–Kier alpha value is -1.32. The van der Waals surface area contributed by atoms with Gasteiger partial charge < -0.3 is 5.43 Å². The van der Waals surface area contributed by atoms with Crippen molar-refractivity contribution >= 4 is 28.2 Å². The predicted octanol–water partition coefficient (Wildman–Crippen LogP) is 2.48. The number of hydrazine groups is 1. The highest BCUT2D eigenvalue weighted by Gasteiger charge is 2.05. The smallest absolute Gasteiger partial charge is 0.0912 e. The lowest BCUT2D eigenvalue weighted by Crippen LogP contribution is -2.07. The number of hydrogen-bond donors (Lipinski definition) is 2. The van der Waals surface area contributed by atoms with E-state index < -0.39 is 0 Å². The first kappa shape index (κ1) is 9.24. The fourth-order valence-electron chi connectivity index (χ4n) is 1.46. The number of para-hydroxylation sites is 1. The molecule has 4 heteroatoms. The number of aryl methyl sites for hydroxylation is 1. The molecule has 2 rings (SSSR count). The van der Waals surface area contributed by atoms with Crippen molar-refractivity contribution < 1.29 is 0 Å². The summed E-state index contributed by atoms with van der Waals surface area (Å²) in [6, 6.07) is 7.51. The lowest BCUT2D eigenvalue weighted by Gasteiger charge is -2.07. The van der Waals surface area contributed by atoms with Crippen molar-refractivity contribution in [3.05, 3.63) is 35.0 Å². The van der Waals surface area contributed by atoms with Gasteiger partial charge in [0.15, 0.2) is 0 Å². The molecule has 0 fully saturated rings. The van der Waals surface area contributed by atoms with Gasteiger partial charge in [0.2, 0.25) is 0 Å². The number of nitrogens with zero attached hydrogens (tertiary/aromatic N) is 1. The van der Waals surface area contributed by atoms with Crippen LogP contribution in [0.1, 0.15) is 5.69 Å². The second-order valence-electron chi connectivity index (χ2n) is 3.09.